The van der Waals surface area contributed by atoms with E-state index >= 15 is 0 Å². The quantitative estimate of drug-likeness (QED) is 0.749. The predicted octanol–water partition coefficient (Wildman–Crippen LogP) is 2.87. The Bertz CT molecular complexity index is 668. The number of sulfonamides is 1. The van der Waals surface area contributed by atoms with E-state index < -0.39 is 10.0 Å². The van der Waals surface area contributed by atoms with Crippen molar-refractivity contribution < 1.29 is 8.42 Å². The summed E-state index contributed by atoms with van der Waals surface area (Å²) in [5.41, 5.74) is 0.579. The Morgan fingerprint density at radius 1 is 1.26 bits per heavy atom. The maximum atomic E-state index is 12.2. The minimum Gasteiger partial charge on any atom is -0.315 e. The van der Waals surface area contributed by atoms with Crippen LogP contribution >= 0.6 is 33.9 Å². The van der Waals surface area contributed by atoms with Crippen LogP contribution in [-0.2, 0) is 16.6 Å². The van der Waals surface area contributed by atoms with Gasteiger partial charge >= 0.3 is 0 Å². The van der Waals surface area contributed by atoms with Gasteiger partial charge in [-0.1, -0.05) is 6.07 Å². The third-order valence-corrected chi connectivity index (χ3v) is 5.96. The van der Waals surface area contributed by atoms with Crippen LogP contribution in [0.25, 0.3) is 0 Å². The fourth-order valence-corrected chi connectivity index (χ4v) is 4.49. The van der Waals surface area contributed by atoms with Crippen molar-refractivity contribution in [3.8, 4) is 0 Å². The lowest BCUT2D eigenvalue weighted by atomic mass is 10.3. The third-order valence-electron chi connectivity index (χ3n) is 2.33. The SMILES string of the molecule is CNCc1ccc(S(=O)(=O)Nc2cccc(I)c2)s1. The highest BCUT2D eigenvalue weighted by Gasteiger charge is 2.16. The summed E-state index contributed by atoms with van der Waals surface area (Å²) in [5.74, 6) is 0. The second kappa shape index (κ2) is 6.21. The minimum atomic E-state index is -3.49. The largest absolute Gasteiger partial charge is 0.315 e. The molecule has 2 aromatic rings. The van der Waals surface area contributed by atoms with Crippen molar-refractivity contribution in [3.05, 3.63) is 44.8 Å². The number of halogens is 1. The van der Waals surface area contributed by atoms with Crippen LogP contribution in [0.2, 0.25) is 0 Å². The first-order valence-electron chi connectivity index (χ1n) is 5.53. The first-order chi connectivity index (χ1) is 9.01. The molecule has 0 aliphatic carbocycles. The van der Waals surface area contributed by atoms with Gasteiger partial charge in [-0.15, -0.1) is 11.3 Å². The zero-order chi connectivity index (χ0) is 13.9. The number of anilines is 1. The molecule has 0 spiro atoms. The summed E-state index contributed by atoms with van der Waals surface area (Å²) in [4.78, 5) is 0.991. The Morgan fingerprint density at radius 3 is 2.74 bits per heavy atom. The lowest BCUT2D eigenvalue weighted by molar-refractivity contribution is 0.603. The molecule has 0 bridgehead atoms. The Labute approximate surface area is 130 Å². The lowest BCUT2D eigenvalue weighted by Crippen LogP contribution is -2.11. The molecule has 1 aromatic carbocycles. The maximum Gasteiger partial charge on any atom is 0.271 e. The summed E-state index contributed by atoms with van der Waals surface area (Å²) in [7, 11) is -1.66. The molecule has 2 N–H and O–H groups in total. The van der Waals surface area contributed by atoms with Crippen molar-refractivity contribution in [1.29, 1.82) is 0 Å². The fraction of sp³-hybridized carbons (Fsp3) is 0.167. The molecule has 102 valence electrons. The van der Waals surface area contributed by atoms with E-state index in [9.17, 15) is 8.42 Å². The molecule has 0 aliphatic rings. The number of hydrogen-bond donors (Lipinski definition) is 2. The molecule has 0 amide bonds. The van der Waals surface area contributed by atoms with E-state index in [1.54, 1.807) is 18.2 Å². The molecule has 0 fully saturated rings. The molecular weight excluding hydrogens is 395 g/mol. The van der Waals surface area contributed by atoms with E-state index in [-0.39, 0.29) is 0 Å². The third kappa shape index (κ3) is 3.91. The molecule has 1 aromatic heterocycles. The zero-order valence-electron chi connectivity index (χ0n) is 10.2. The van der Waals surface area contributed by atoms with E-state index in [1.807, 2.05) is 25.2 Å². The summed E-state index contributed by atoms with van der Waals surface area (Å²) in [6, 6.07) is 10.7. The standard InChI is InChI=1S/C12H13IN2O2S2/c1-14-8-11-5-6-12(18-11)19(16,17)15-10-4-2-3-9(13)7-10/h2-7,14-15H,8H2,1H3. The Hall–Kier alpha value is -0.640. The van der Waals surface area contributed by atoms with Gasteiger partial charge in [-0.05, 0) is 60.0 Å². The van der Waals surface area contributed by atoms with Gasteiger partial charge in [-0.2, -0.15) is 0 Å². The van der Waals surface area contributed by atoms with Gasteiger partial charge in [0.15, 0.2) is 0 Å². The Morgan fingerprint density at radius 2 is 2.05 bits per heavy atom. The molecule has 0 unspecified atom stereocenters. The van der Waals surface area contributed by atoms with Crippen molar-refractivity contribution in [2.45, 2.75) is 10.8 Å². The summed E-state index contributed by atoms with van der Waals surface area (Å²) >= 11 is 3.42. The predicted molar refractivity (Wildman–Crippen MR) is 87.1 cm³/mol. The van der Waals surface area contributed by atoms with Gasteiger partial charge in [-0.3, -0.25) is 4.72 Å². The minimum absolute atomic E-state index is 0.330. The lowest BCUT2D eigenvalue weighted by Gasteiger charge is -2.06. The number of benzene rings is 1. The Balaban J connectivity index is 2.22. The highest BCUT2D eigenvalue weighted by atomic mass is 127. The van der Waals surface area contributed by atoms with Crippen LogP contribution in [0.1, 0.15) is 4.88 Å². The number of nitrogens with one attached hydrogen (secondary N) is 2. The van der Waals surface area contributed by atoms with Crippen molar-refractivity contribution in [3.63, 3.8) is 0 Å². The number of thiophene rings is 1. The summed E-state index contributed by atoms with van der Waals surface area (Å²) < 4.78 is 28.3. The molecular formula is C12H13IN2O2S2. The molecule has 19 heavy (non-hydrogen) atoms. The molecule has 0 saturated carbocycles. The van der Waals surface area contributed by atoms with Gasteiger partial charge < -0.3 is 5.32 Å². The van der Waals surface area contributed by atoms with E-state index in [0.29, 0.717) is 16.4 Å². The molecule has 1 heterocycles. The Kier molecular flexibility index (Phi) is 4.82. The van der Waals surface area contributed by atoms with Gasteiger partial charge in [-0.25, -0.2) is 8.42 Å². The van der Waals surface area contributed by atoms with Crippen molar-refractivity contribution in [2.24, 2.45) is 0 Å². The zero-order valence-corrected chi connectivity index (χ0v) is 14.0. The smallest absolute Gasteiger partial charge is 0.271 e. The maximum absolute atomic E-state index is 12.2. The van der Waals surface area contributed by atoms with Crippen molar-refractivity contribution in [1.82, 2.24) is 5.32 Å². The van der Waals surface area contributed by atoms with Crippen LogP contribution in [0.4, 0.5) is 5.69 Å². The van der Waals surface area contributed by atoms with Crippen molar-refractivity contribution in [2.75, 3.05) is 11.8 Å². The summed E-state index contributed by atoms with van der Waals surface area (Å²) in [6.07, 6.45) is 0. The highest BCUT2D eigenvalue weighted by Crippen LogP contribution is 2.24. The first-order valence-corrected chi connectivity index (χ1v) is 8.91. The molecule has 0 radical (unpaired) electrons. The van der Waals surface area contributed by atoms with Crippen LogP contribution in [0, 0.1) is 3.57 Å². The monoisotopic (exact) mass is 408 g/mol. The molecule has 4 nitrogen and oxygen atoms in total. The van der Waals surface area contributed by atoms with Crippen LogP contribution < -0.4 is 10.0 Å². The van der Waals surface area contributed by atoms with E-state index in [2.05, 4.69) is 32.6 Å². The number of rotatable bonds is 5. The second-order valence-corrected chi connectivity index (χ2v) is 8.19. The van der Waals surface area contributed by atoms with Gasteiger partial charge in [0.2, 0.25) is 0 Å². The highest BCUT2D eigenvalue weighted by molar-refractivity contribution is 14.1. The molecule has 2 rings (SSSR count). The van der Waals surface area contributed by atoms with E-state index in [0.717, 1.165) is 8.45 Å². The van der Waals surface area contributed by atoms with E-state index in [1.165, 1.54) is 11.3 Å². The number of hydrogen-bond acceptors (Lipinski definition) is 4. The first kappa shape index (κ1) is 14.8. The molecule has 0 aliphatic heterocycles. The average Bonchev–Trinajstić information content (AvgIpc) is 2.78. The summed E-state index contributed by atoms with van der Waals surface area (Å²) in [5, 5.41) is 3.00. The molecule has 0 saturated heterocycles. The normalized spacial score (nSPS) is 11.5. The van der Waals surface area contributed by atoms with Gasteiger partial charge in [0, 0.05) is 20.7 Å². The van der Waals surface area contributed by atoms with Crippen LogP contribution in [-0.4, -0.2) is 15.5 Å². The second-order valence-electron chi connectivity index (χ2n) is 3.87. The van der Waals surface area contributed by atoms with Gasteiger partial charge in [0.05, 0.1) is 0 Å². The van der Waals surface area contributed by atoms with Gasteiger partial charge in [0.1, 0.15) is 4.21 Å². The van der Waals surface area contributed by atoms with Crippen LogP contribution in [0.5, 0.6) is 0 Å². The molecule has 7 heteroatoms. The molecule has 0 atom stereocenters. The fourth-order valence-electron chi connectivity index (χ4n) is 1.53. The van der Waals surface area contributed by atoms with Crippen LogP contribution in [0.15, 0.2) is 40.6 Å². The summed E-state index contributed by atoms with van der Waals surface area (Å²) in [6.45, 7) is 0.670. The van der Waals surface area contributed by atoms with Gasteiger partial charge in [0.25, 0.3) is 10.0 Å². The van der Waals surface area contributed by atoms with Crippen molar-refractivity contribution >= 4 is 49.6 Å². The van der Waals surface area contributed by atoms with Crippen LogP contribution in [0.3, 0.4) is 0 Å². The van der Waals surface area contributed by atoms with E-state index in [4.69, 9.17) is 0 Å². The average molecular weight is 408 g/mol. The topological polar surface area (TPSA) is 58.2 Å².